The molecule has 7 heteroatoms. The highest BCUT2D eigenvalue weighted by atomic mass is 19.4. The Morgan fingerprint density at radius 1 is 1.16 bits per heavy atom. The molecule has 0 aliphatic carbocycles. The van der Waals surface area contributed by atoms with Gasteiger partial charge in [-0.1, -0.05) is 24.3 Å². The molecule has 1 aromatic heterocycles. The van der Waals surface area contributed by atoms with Crippen LogP contribution in [0.4, 0.5) is 24.5 Å². The summed E-state index contributed by atoms with van der Waals surface area (Å²) >= 11 is 0. The Morgan fingerprint density at radius 2 is 1.88 bits per heavy atom. The number of carboxylic acids is 1. The summed E-state index contributed by atoms with van der Waals surface area (Å²) in [7, 11) is 0. The highest BCUT2D eigenvalue weighted by Crippen LogP contribution is 2.34. The fourth-order valence-electron chi connectivity index (χ4n) is 2.58. The van der Waals surface area contributed by atoms with Crippen molar-refractivity contribution in [1.29, 1.82) is 0 Å². The van der Waals surface area contributed by atoms with E-state index in [0.717, 1.165) is 23.9 Å². The zero-order chi connectivity index (χ0) is 18.2. The van der Waals surface area contributed by atoms with E-state index in [4.69, 9.17) is 0 Å². The second-order valence-electron chi connectivity index (χ2n) is 5.51. The molecule has 0 unspecified atom stereocenters. The number of halogens is 3. The number of nitrogens with one attached hydrogen (secondary N) is 1. The smallest absolute Gasteiger partial charge is 0.416 e. The quantitative estimate of drug-likeness (QED) is 0.787. The number of hydrogen-bond acceptors (Lipinski definition) is 4. The van der Waals surface area contributed by atoms with Crippen molar-refractivity contribution in [2.24, 2.45) is 0 Å². The van der Waals surface area contributed by atoms with Crippen LogP contribution >= 0.6 is 0 Å². The van der Waals surface area contributed by atoms with E-state index in [1.165, 1.54) is 12.1 Å². The zero-order valence-corrected chi connectivity index (χ0v) is 13.0. The van der Waals surface area contributed by atoms with Gasteiger partial charge >= 0.3 is 6.18 Å². The van der Waals surface area contributed by atoms with Gasteiger partial charge in [-0.3, -0.25) is 4.98 Å². The van der Waals surface area contributed by atoms with Crippen LogP contribution in [0.5, 0.6) is 0 Å². The highest BCUT2D eigenvalue weighted by Gasteiger charge is 2.30. The van der Waals surface area contributed by atoms with Crippen LogP contribution in [-0.4, -0.2) is 11.0 Å². The van der Waals surface area contributed by atoms with Crippen LogP contribution in [-0.2, 0) is 6.18 Å². The van der Waals surface area contributed by atoms with Gasteiger partial charge in [0, 0.05) is 22.8 Å². The van der Waals surface area contributed by atoms with Crippen molar-refractivity contribution in [3.8, 4) is 0 Å². The number of para-hydroxylation sites is 1. The third-order valence-corrected chi connectivity index (χ3v) is 3.78. The summed E-state index contributed by atoms with van der Waals surface area (Å²) in [6, 6.07) is 9.71. The lowest BCUT2D eigenvalue weighted by atomic mass is 10.1. The molecule has 4 nitrogen and oxygen atoms in total. The Bertz CT molecular complexity index is 968. The van der Waals surface area contributed by atoms with Gasteiger partial charge in [0.1, 0.15) is 0 Å². The van der Waals surface area contributed by atoms with Crippen molar-refractivity contribution in [2.45, 2.75) is 13.1 Å². The minimum Gasteiger partial charge on any atom is -0.545 e. The van der Waals surface area contributed by atoms with Gasteiger partial charge in [-0.25, -0.2) is 0 Å². The van der Waals surface area contributed by atoms with Gasteiger partial charge in [-0.05, 0) is 30.7 Å². The number of alkyl halides is 3. The number of pyridine rings is 1. The summed E-state index contributed by atoms with van der Waals surface area (Å²) < 4.78 is 38.6. The first-order valence-electron chi connectivity index (χ1n) is 7.31. The molecule has 128 valence electrons. The number of nitrogens with zero attached hydrogens (tertiary/aromatic N) is 1. The van der Waals surface area contributed by atoms with Crippen molar-refractivity contribution >= 4 is 28.2 Å². The summed E-state index contributed by atoms with van der Waals surface area (Å²) in [6.07, 6.45) is -3.35. The summed E-state index contributed by atoms with van der Waals surface area (Å²) in [4.78, 5) is 15.5. The topological polar surface area (TPSA) is 65.0 Å². The monoisotopic (exact) mass is 345 g/mol. The second-order valence-corrected chi connectivity index (χ2v) is 5.51. The molecular formula is C18H12F3N2O2-. The van der Waals surface area contributed by atoms with Crippen molar-refractivity contribution in [1.82, 2.24) is 4.98 Å². The Labute approximate surface area is 140 Å². The van der Waals surface area contributed by atoms with Crippen molar-refractivity contribution < 1.29 is 23.1 Å². The maximum Gasteiger partial charge on any atom is 0.416 e. The Kier molecular flexibility index (Phi) is 4.08. The van der Waals surface area contributed by atoms with Crippen molar-refractivity contribution in [3.63, 3.8) is 0 Å². The molecule has 0 aliphatic heterocycles. The van der Waals surface area contributed by atoms with E-state index in [1.807, 2.05) is 13.0 Å². The normalized spacial score (nSPS) is 11.5. The molecule has 0 amide bonds. The fourth-order valence-corrected chi connectivity index (χ4v) is 2.58. The van der Waals surface area contributed by atoms with E-state index in [0.29, 0.717) is 10.9 Å². The van der Waals surface area contributed by atoms with Crippen molar-refractivity contribution in [2.75, 3.05) is 5.32 Å². The van der Waals surface area contributed by atoms with E-state index in [9.17, 15) is 23.1 Å². The maximum absolute atomic E-state index is 12.9. The average molecular weight is 345 g/mol. The van der Waals surface area contributed by atoms with Gasteiger partial charge in [0.2, 0.25) is 0 Å². The molecule has 0 radical (unpaired) electrons. The zero-order valence-electron chi connectivity index (χ0n) is 13.0. The Morgan fingerprint density at radius 3 is 2.56 bits per heavy atom. The van der Waals surface area contributed by atoms with Gasteiger partial charge < -0.3 is 15.2 Å². The van der Waals surface area contributed by atoms with Gasteiger partial charge in [0.15, 0.2) is 0 Å². The number of rotatable bonds is 3. The van der Waals surface area contributed by atoms with Gasteiger partial charge in [-0.15, -0.1) is 0 Å². The fraction of sp³-hybridized carbons (Fsp3) is 0.111. The first-order valence-corrected chi connectivity index (χ1v) is 7.31. The number of aromatic carboxylic acids is 1. The molecule has 0 spiro atoms. The molecule has 1 heterocycles. The first kappa shape index (κ1) is 16.8. The number of aromatic nitrogens is 1. The minimum atomic E-state index is -4.49. The maximum atomic E-state index is 12.9. The SMILES string of the molecule is Cc1cccc2c(Nc3cccc(C(F)(F)F)c3)c(C(=O)[O-])cnc12. The lowest BCUT2D eigenvalue weighted by Crippen LogP contribution is -2.23. The average Bonchev–Trinajstić information content (AvgIpc) is 2.55. The molecule has 2 aromatic carbocycles. The number of anilines is 2. The molecular weight excluding hydrogens is 333 g/mol. The minimum absolute atomic E-state index is 0.117. The lowest BCUT2D eigenvalue weighted by molar-refractivity contribution is -0.254. The third-order valence-electron chi connectivity index (χ3n) is 3.78. The predicted octanol–water partition coefficient (Wildman–Crippen LogP) is 3.67. The van der Waals surface area contributed by atoms with Crippen LogP contribution in [0.2, 0.25) is 0 Å². The molecule has 0 aliphatic rings. The van der Waals surface area contributed by atoms with E-state index in [2.05, 4.69) is 10.3 Å². The molecule has 3 aromatic rings. The van der Waals surface area contributed by atoms with Crippen LogP contribution in [0.15, 0.2) is 48.7 Å². The summed E-state index contributed by atoms with van der Waals surface area (Å²) in [6.45, 7) is 1.81. The number of hydrogen-bond donors (Lipinski definition) is 1. The first-order chi connectivity index (χ1) is 11.8. The Hall–Kier alpha value is -3.09. The Balaban J connectivity index is 2.17. The van der Waals surface area contributed by atoms with Gasteiger partial charge in [0.05, 0.1) is 22.7 Å². The van der Waals surface area contributed by atoms with E-state index >= 15 is 0 Å². The molecule has 25 heavy (non-hydrogen) atoms. The van der Waals surface area contributed by atoms with Crippen LogP contribution in [0, 0.1) is 6.92 Å². The van der Waals surface area contributed by atoms with Crippen LogP contribution in [0.25, 0.3) is 10.9 Å². The summed E-state index contributed by atoms with van der Waals surface area (Å²) in [5, 5.41) is 14.7. The second kappa shape index (κ2) is 6.08. The number of carbonyl (C=O) groups is 1. The standard InChI is InChI=1S/C18H13F3N2O2/c1-10-4-2-7-13-15(10)22-9-14(17(24)25)16(13)23-12-6-3-5-11(8-12)18(19,20)21/h2-9H,1H3,(H,22,23)(H,24,25)/p-1. The van der Waals surface area contributed by atoms with Crippen LogP contribution in [0.3, 0.4) is 0 Å². The number of carbonyl (C=O) groups excluding carboxylic acids is 1. The molecule has 0 saturated heterocycles. The van der Waals surface area contributed by atoms with Gasteiger partial charge in [0.25, 0.3) is 0 Å². The molecule has 0 atom stereocenters. The van der Waals surface area contributed by atoms with E-state index in [1.54, 1.807) is 12.1 Å². The predicted molar refractivity (Wildman–Crippen MR) is 85.5 cm³/mol. The van der Waals surface area contributed by atoms with Crippen LogP contribution < -0.4 is 10.4 Å². The molecule has 1 N–H and O–H groups in total. The van der Waals surface area contributed by atoms with Crippen molar-refractivity contribution in [3.05, 3.63) is 65.4 Å². The highest BCUT2D eigenvalue weighted by molar-refractivity contribution is 6.05. The third kappa shape index (κ3) is 3.26. The molecule has 3 rings (SSSR count). The number of aryl methyl sites for hydroxylation is 1. The number of fused-ring (bicyclic) bond motifs is 1. The van der Waals surface area contributed by atoms with E-state index in [-0.39, 0.29) is 16.9 Å². The summed E-state index contributed by atoms with van der Waals surface area (Å²) in [5.41, 5.74) is 0.577. The number of benzene rings is 2. The molecule has 0 bridgehead atoms. The lowest BCUT2D eigenvalue weighted by Gasteiger charge is -2.17. The van der Waals surface area contributed by atoms with Gasteiger partial charge in [-0.2, -0.15) is 13.2 Å². The van der Waals surface area contributed by atoms with E-state index < -0.39 is 17.7 Å². The largest absolute Gasteiger partial charge is 0.545 e. The molecule has 0 fully saturated rings. The molecule has 0 saturated carbocycles. The number of carboxylic acid groups (broad SMARTS) is 1. The summed E-state index contributed by atoms with van der Waals surface area (Å²) in [5.74, 6) is -1.47. The van der Waals surface area contributed by atoms with Crippen LogP contribution in [0.1, 0.15) is 21.5 Å².